The first-order chi connectivity index (χ1) is 17.0. The van der Waals surface area contributed by atoms with E-state index in [1.165, 1.54) is 30.1 Å². The van der Waals surface area contributed by atoms with Crippen molar-refractivity contribution in [2.75, 3.05) is 19.3 Å². The molecule has 182 valence electrons. The molecule has 0 fully saturated rings. The Hall–Kier alpha value is -3.79. The van der Waals surface area contributed by atoms with Crippen molar-refractivity contribution in [2.45, 2.75) is 25.1 Å². The number of alkyl halides is 1. The smallest absolute Gasteiger partial charge is 0.302 e. The van der Waals surface area contributed by atoms with Crippen LogP contribution in [0.4, 0.5) is 14.9 Å². The highest BCUT2D eigenvalue weighted by Gasteiger charge is 2.30. The minimum absolute atomic E-state index is 0.149. The van der Waals surface area contributed by atoms with Crippen LogP contribution in [0, 0.1) is 0 Å². The zero-order chi connectivity index (χ0) is 24.8. The molecule has 2 heterocycles. The third-order valence-electron chi connectivity index (χ3n) is 5.32. The number of ether oxygens (including phenoxy) is 2. The van der Waals surface area contributed by atoms with E-state index in [2.05, 4.69) is 10.4 Å². The quantitative estimate of drug-likeness (QED) is 0.408. The minimum Gasteiger partial charge on any atom is -0.493 e. The SMILES string of the molecule is CCC1SC(=O)N(Cc2ccc(NC(=O)c3ccco3)cc2)N=C1c1ccc(OC)c(OCF)c1. The lowest BCUT2D eigenvalue weighted by Gasteiger charge is -2.28. The molecule has 35 heavy (non-hydrogen) atoms. The first kappa shape index (κ1) is 24.3. The molecule has 1 unspecified atom stereocenters. The van der Waals surface area contributed by atoms with E-state index in [1.54, 1.807) is 36.4 Å². The second kappa shape index (κ2) is 11.1. The average molecular weight is 498 g/mol. The van der Waals surface area contributed by atoms with Gasteiger partial charge in [-0.25, -0.2) is 9.40 Å². The van der Waals surface area contributed by atoms with Gasteiger partial charge < -0.3 is 19.2 Å². The number of rotatable bonds is 9. The maximum absolute atomic E-state index is 12.8. The second-order valence-corrected chi connectivity index (χ2v) is 8.72. The minimum atomic E-state index is -0.985. The molecule has 3 aromatic rings. The van der Waals surface area contributed by atoms with Crippen LogP contribution in [0.5, 0.6) is 11.5 Å². The Balaban J connectivity index is 1.53. The third kappa shape index (κ3) is 5.65. The molecule has 0 saturated heterocycles. The summed E-state index contributed by atoms with van der Waals surface area (Å²) in [6.45, 7) is 1.25. The third-order valence-corrected chi connectivity index (χ3v) is 6.57. The summed E-state index contributed by atoms with van der Waals surface area (Å²) in [6, 6.07) is 15.5. The summed E-state index contributed by atoms with van der Waals surface area (Å²) in [5, 5.41) is 8.50. The molecule has 1 atom stereocenters. The number of thioether (sulfide) groups is 1. The van der Waals surface area contributed by atoms with E-state index in [1.807, 2.05) is 25.1 Å². The molecule has 4 rings (SSSR count). The molecule has 0 radical (unpaired) electrons. The largest absolute Gasteiger partial charge is 0.493 e. The van der Waals surface area contributed by atoms with Gasteiger partial charge in [-0.15, -0.1) is 0 Å². The van der Waals surface area contributed by atoms with Crippen LogP contribution in [0.25, 0.3) is 0 Å². The molecule has 2 amide bonds. The number of hydrogen-bond acceptors (Lipinski definition) is 7. The Kier molecular flexibility index (Phi) is 7.71. The number of carbonyl (C=O) groups excluding carboxylic acids is 2. The highest BCUT2D eigenvalue weighted by Crippen LogP contribution is 2.34. The standard InChI is InChI=1S/C25H24FN3O5S/c1-3-22-23(17-8-11-19(32-2)21(13-17)34-15-26)28-29(25(31)35-22)14-16-6-9-18(10-7-16)27-24(30)20-5-4-12-33-20/h4-13,22H,3,14-15H2,1-2H3,(H,27,30). The summed E-state index contributed by atoms with van der Waals surface area (Å²) in [4.78, 5) is 24.9. The van der Waals surface area contributed by atoms with E-state index < -0.39 is 6.86 Å². The molecule has 1 aliphatic heterocycles. The Labute approximate surface area is 206 Å². The number of nitrogens with one attached hydrogen (secondary N) is 1. The number of hydrogen-bond donors (Lipinski definition) is 1. The van der Waals surface area contributed by atoms with E-state index in [-0.39, 0.29) is 34.5 Å². The normalized spacial score (nSPS) is 15.5. The van der Waals surface area contributed by atoms with Gasteiger partial charge in [0.15, 0.2) is 17.3 Å². The van der Waals surface area contributed by atoms with Crippen molar-refractivity contribution in [3.8, 4) is 11.5 Å². The van der Waals surface area contributed by atoms with E-state index in [0.717, 1.165) is 11.1 Å². The van der Waals surface area contributed by atoms with Crippen molar-refractivity contribution in [3.63, 3.8) is 0 Å². The van der Waals surface area contributed by atoms with Gasteiger partial charge in [0.1, 0.15) is 0 Å². The van der Waals surface area contributed by atoms with E-state index in [0.29, 0.717) is 23.6 Å². The van der Waals surface area contributed by atoms with Crippen LogP contribution in [0.1, 0.15) is 35.0 Å². The molecule has 0 spiro atoms. The van der Waals surface area contributed by atoms with Gasteiger partial charge in [0.2, 0.25) is 6.86 Å². The highest BCUT2D eigenvalue weighted by atomic mass is 32.2. The van der Waals surface area contributed by atoms with E-state index >= 15 is 0 Å². The van der Waals surface area contributed by atoms with Gasteiger partial charge in [-0.05, 0) is 54.4 Å². The van der Waals surface area contributed by atoms with Gasteiger partial charge in [0.05, 0.1) is 30.9 Å². The molecule has 0 bridgehead atoms. The number of furan rings is 1. The lowest BCUT2D eigenvalue weighted by Crippen LogP contribution is -2.34. The topological polar surface area (TPSA) is 93.4 Å². The lowest BCUT2D eigenvalue weighted by molar-refractivity contribution is 0.0996. The van der Waals surface area contributed by atoms with Crippen molar-refractivity contribution in [1.29, 1.82) is 0 Å². The van der Waals surface area contributed by atoms with Crippen LogP contribution in [0.2, 0.25) is 0 Å². The molecule has 10 heteroatoms. The van der Waals surface area contributed by atoms with Gasteiger partial charge >= 0.3 is 5.24 Å². The van der Waals surface area contributed by atoms with Crippen molar-refractivity contribution < 1.29 is 27.9 Å². The summed E-state index contributed by atoms with van der Waals surface area (Å²) < 4.78 is 28.2. The van der Waals surface area contributed by atoms with Crippen LogP contribution >= 0.6 is 11.8 Å². The van der Waals surface area contributed by atoms with Gasteiger partial charge in [-0.2, -0.15) is 5.10 Å². The van der Waals surface area contributed by atoms with Crippen LogP contribution in [-0.4, -0.2) is 41.1 Å². The fraction of sp³-hybridized carbons (Fsp3) is 0.240. The number of benzene rings is 2. The molecule has 1 aromatic heterocycles. The molecule has 0 aliphatic carbocycles. The Morgan fingerprint density at radius 3 is 2.66 bits per heavy atom. The second-order valence-electron chi connectivity index (χ2n) is 7.57. The zero-order valence-electron chi connectivity index (χ0n) is 19.2. The van der Waals surface area contributed by atoms with Crippen molar-refractivity contribution in [1.82, 2.24) is 5.01 Å². The van der Waals surface area contributed by atoms with Gasteiger partial charge in [-0.1, -0.05) is 30.8 Å². The molecule has 8 nitrogen and oxygen atoms in total. The maximum atomic E-state index is 12.8. The summed E-state index contributed by atoms with van der Waals surface area (Å²) >= 11 is 1.20. The molecular formula is C25H24FN3O5S. The molecule has 1 N–H and O–H groups in total. The zero-order valence-corrected chi connectivity index (χ0v) is 20.0. The van der Waals surface area contributed by atoms with Crippen LogP contribution < -0.4 is 14.8 Å². The van der Waals surface area contributed by atoms with Gasteiger partial charge in [0.25, 0.3) is 5.91 Å². The Morgan fingerprint density at radius 1 is 1.20 bits per heavy atom. The molecule has 1 aliphatic rings. The van der Waals surface area contributed by atoms with Gasteiger partial charge in [-0.3, -0.25) is 9.59 Å². The lowest BCUT2D eigenvalue weighted by atomic mass is 10.0. The summed E-state index contributed by atoms with van der Waals surface area (Å²) in [5.74, 6) is 0.554. The number of anilines is 1. The molecule has 2 aromatic carbocycles. The monoisotopic (exact) mass is 497 g/mol. The van der Waals surface area contributed by atoms with Crippen molar-refractivity contribution in [3.05, 3.63) is 77.7 Å². The van der Waals surface area contributed by atoms with Crippen LogP contribution in [0.15, 0.2) is 70.4 Å². The average Bonchev–Trinajstić information content (AvgIpc) is 3.42. The predicted octanol–water partition coefficient (Wildman–Crippen LogP) is 5.70. The fourth-order valence-corrected chi connectivity index (χ4v) is 4.50. The summed E-state index contributed by atoms with van der Waals surface area (Å²) in [6.07, 6.45) is 2.13. The number of carbonyl (C=O) groups is 2. The van der Waals surface area contributed by atoms with E-state index in [9.17, 15) is 14.0 Å². The van der Waals surface area contributed by atoms with E-state index in [4.69, 9.17) is 13.9 Å². The molecule has 0 saturated carbocycles. The predicted molar refractivity (Wildman–Crippen MR) is 132 cm³/mol. The van der Waals surface area contributed by atoms with Crippen molar-refractivity contribution >= 4 is 34.3 Å². The Bertz CT molecular complexity index is 1210. The summed E-state index contributed by atoms with van der Waals surface area (Å²) in [5.41, 5.74) is 2.86. The first-order valence-electron chi connectivity index (χ1n) is 10.9. The fourth-order valence-electron chi connectivity index (χ4n) is 3.57. The number of halogens is 1. The summed E-state index contributed by atoms with van der Waals surface area (Å²) in [7, 11) is 1.48. The number of nitrogens with zero attached hydrogens (tertiary/aromatic N) is 2. The van der Waals surface area contributed by atoms with Crippen molar-refractivity contribution in [2.24, 2.45) is 5.10 Å². The number of hydrazone groups is 1. The van der Waals surface area contributed by atoms with Gasteiger partial charge in [0, 0.05) is 11.3 Å². The van der Waals surface area contributed by atoms with Crippen LogP contribution in [-0.2, 0) is 6.54 Å². The number of amides is 2. The van der Waals surface area contributed by atoms with Crippen LogP contribution in [0.3, 0.4) is 0 Å². The maximum Gasteiger partial charge on any atom is 0.302 e. The highest BCUT2D eigenvalue weighted by molar-refractivity contribution is 8.14. The Morgan fingerprint density at radius 2 is 2.00 bits per heavy atom. The number of methoxy groups -OCH3 is 1. The first-order valence-corrected chi connectivity index (χ1v) is 11.8. The molecular weight excluding hydrogens is 473 g/mol.